The van der Waals surface area contributed by atoms with Crippen molar-refractivity contribution >= 4 is 44.2 Å². The highest BCUT2D eigenvalue weighted by Crippen LogP contribution is 2.40. The fraction of sp³-hybridized carbons (Fsp3) is 0.333. The van der Waals surface area contributed by atoms with Gasteiger partial charge in [0, 0.05) is 17.1 Å². The number of carbonyl (C=O) groups excluding carboxylic acids is 1. The summed E-state index contributed by atoms with van der Waals surface area (Å²) in [6.45, 7) is 1.41. The van der Waals surface area contributed by atoms with Crippen LogP contribution >= 0.6 is 22.9 Å². The van der Waals surface area contributed by atoms with Crippen LogP contribution in [0.5, 0.6) is 11.5 Å². The summed E-state index contributed by atoms with van der Waals surface area (Å²) in [5, 5.41) is 1.21. The highest BCUT2D eigenvalue weighted by Gasteiger charge is 2.23. The van der Waals surface area contributed by atoms with E-state index < -0.39 is 0 Å². The molecule has 0 N–H and O–H groups in total. The average molecular weight is 434 g/mol. The van der Waals surface area contributed by atoms with Gasteiger partial charge in [-0.05, 0) is 63.5 Å². The summed E-state index contributed by atoms with van der Waals surface area (Å²) in [7, 11) is 7.25. The van der Waals surface area contributed by atoms with E-state index in [4.69, 9.17) is 26.1 Å². The predicted octanol–water partition coefficient (Wildman–Crippen LogP) is 4.57. The van der Waals surface area contributed by atoms with Crippen molar-refractivity contribution in [2.45, 2.75) is 6.42 Å². The van der Waals surface area contributed by atoms with Gasteiger partial charge in [-0.2, -0.15) is 0 Å². The molecular weight excluding hydrogens is 410 g/mol. The second-order valence-electron chi connectivity index (χ2n) is 6.76. The Morgan fingerprint density at radius 3 is 2.31 bits per heavy atom. The summed E-state index contributed by atoms with van der Waals surface area (Å²) < 4.78 is 11.8. The van der Waals surface area contributed by atoms with Gasteiger partial charge in [0.15, 0.2) is 5.13 Å². The van der Waals surface area contributed by atoms with Crippen LogP contribution in [-0.2, 0) is 0 Å². The molecule has 0 bridgehead atoms. The topological polar surface area (TPSA) is 54.9 Å². The molecule has 0 aliphatic carbocycles. The smallest absolute Gasteiger partial charge is 0.260 e. The number of hydrogen-bond donors (Lipinski definition) is 0. The number of nitrogens with zero attached hydrogens (tertiary/aromatic N) is 3. The summed E-state index contributed by atoms with van der Waals surface area (Å²) >= 11 is 7.40. The van der Waals surface area contributed by atoms with Crippen molar-refractivity contribution in [3.63, 3.8) is 0 Å². The maximum absolute atomic E-state index is 13.3. The van der Waals surface area contributed by atoms with Crippen LogP contribution in [0.3, 0.4) is 0 Å². The quantitative estimate of drug-likeness (QED) is 0.521. The number of rotatable bonds is 8. The number of fused-ring (bicyclic) bond motifs is 1. The highest BCUT2D eigenvalue weighted by molar-refractivity contribution is 7.22. The van der Waals surface area contributed by atoms with Gasteiger partial charge in [0.1, 0.15) is 21.7 Å². The first-order chi connectivity index (χ1) is 13.9. The predicted molar refractivity (Wildman–Crippen MR) is 119 cm³/mol. The SMILES string of the molecule is COc1ccc(OC)c2sc(N(CCCN(C)C)C(=O)c3ccc(Cl)cc3)nc12. The van der Waals surface area contributed by atoms with E-state index in [1.54, 1.807) is 43.4 Å². The normalized spacial score (nSPS) is 11.1. The molecule has 1 aromatic heterocycles. The number of carbonyl (C=O) groups is 1. The molecule has 3 aromatic rings. The molecule has 154 valence electrons. The average Bonchev–Trinajstić information content (AvgIpc) is 3.15. The van der Waals surface area contributed by atoms with Gasteiger partial charge >= 0.3 is 0 Å². The Balaban J connectivity index is 2.02. The molecule has 0 aliphatic rings. The molecule has 0 saturated heterocycles. The number of hydrogen-bond acceptors (Lipinski definition) is 6. The van der Waals surface area contributed by atoms with Crippen LogP contribution in [-0.4, -0.2) is 57.2 Å². The van der Waals surface area contributed by atoms with Crippen molar-refractivity contribution in [2.75, 3.05) is 46.3 Å². The minimum absolute atomic E-state index is 0.114. The van der Waals surface area contributed by atoms with Crippen molar-refractivity contribution in [3.05, 3.63) is 47.0 Å². The number of amides is 1. The second kappa shape index (κ2) is 9.43. The van der Waals surface area contributed by atoms with Crippen molar-refractivity contribution in [1.29, 1.82) is 0 Å². The van der Waals surface area contributed by atoms with Gasteiger partial charge in [-0.1, -0.05) is 22.9 Å². The number of ether oxygens (including phenoxy) is 2. The largest absolute Gasteiger partial charge is 0.495 e. The van der Waals surface area contributed by atoms with E-state index in [0.29, 0.717) is 39.3 Å². The van der Waals surface area contributed by atoms with Crippen molar-refractivity contribution in [3.8, 4) is 11.5 Å². The fourth-order valence-corrected chi connectivity index (χ4v) is 4.19. The summed E-state index contributed by atoms with van der Waals surface area (Å²) in [5.41, 5.74) is 1.26. The number of anilines is 1. The molecule has 0 fully saturated rings. The lowest BCUT2D eigenvalue weighted by Gasteiger charge is -2.21. The zero-order chi connectivity index (χ0) is 21.0. The number of thiazole rings is 1. The van der Waals surface area contributed by atoms with Gasteiger partial charge in [-0.3, -0.25) is 9.69 Å². The Morgan fingerprint density at radius 2 is 1.69 bits per heavy atom. The lowest BCUT2D eigenvalue weighted by atomic mass is 10.2. The molecule has 29 heavy (non-hydrogen) atoms. The third-order valence-electron chi connectivity index (χ3n) is 4.45. The number of methoxy groups -OCH3 is 2. The van der Waals surface area contributed by atoms with Crippen LogP contribution in [0, 0.1) is 0 Å². The zero-order valence-electron chi connectivity index (χ0n) is 16.9. The molecule has 8 heteroatoms. The molecule has 3 rings (SSSR count). The Kier molecular flexibility index (Phi) is 6.95. The van der Waals surface area contributed by atoms with E-state index in [0.717, 1.165) is 17.7 Å². The van der Waals surface area contributed by atoms with Gasteiger partial charge in [-0.15, -0.1) is 0 Å². The lowest BCUT2D eigenvalue weighted by molar-refractivity contribution is 0.0986. The van der Waals surface area contributed by atoms with Crippen LogP contribution in [0.2, 0.25) is 5.02 Å². The van der Waals surface area contributed by atoms with Crippen molar-refractivity contribution < 1.29 is 14.3 Å². The molecule has 0 radical (unpaired) electrons. The van der Waals surface area contributed by atoms with Crippen LogP contribution in [0.25, 0.3) is 10.2 Å². The number of benzene rings is 2. The van der Waals surface area contributed by atoms with E-state index >= 15 is 0 Å². The Labute approximate surface area is 179 Å². The Hall–Kier alpha value is -2.35. The molecule has 0 saturated carbocycles. The Bertz CT molecular complexity index is 948. The van der Waals surface area contributed by atoms with Crippen LogP contribution in [0.1, 0.15) is 16.8 Å². The van der Waals surface area contributed by atoms with Gasteiger partial charge in [0.2, 0.25) is 0 Å². The van der Waals surface area contributed by atoms with E-state index in [-0.39, 0.29) is 5.91 Å². The lowest BCUT2D eigenvalue weighted by Crippen LogP contribution is -2.33. The van der Waals surface area contributed by atoms with Gasteiger partial charge < -0.3 is 14.4 Å². The number of halogens is 1. The third kappa shape index (κ3) is 4.80. The summed E-state index contributed by atoms with van der Waals surface area (Å²) in [5.74, 6) is 1.24. The van der Waals surface area contributed by atoms with Crippen LogP contribution in [0.15, 0.2) is 36.4 Å². The van der Waals surface area contributed by atoms with Crippen molar-refractivity contribution in [1.82, 2.24) is 9.88 Å². The van der Waals surface area contributed by atoms with E-state index in [1.807, 2.05) is 26.2 Å². The van der Waals surface area contributed by atoms with Gasteiger partial charge in [0.05, 0.1) is 14.2 Å². The molecule has 0 unspecified atom stereocenters. The molecule has 1 heterocycles. The monoisotopic (exact) mass is 433 g/mol. The highest BCUT2D eigenvalue weighted by atomic mass is 35.5. The van der Waals surface area contributed by atoms with Gasteiger partial charge in [0.25, 0.3) is 5.91 Å². The van der Waals surface area contributed by atoms with E-state index in [9.17, 15) is 4.79 Å². The first kappa shape index (κ1) is 21.4. The van der Waals surface area contributed by atoms with Crippen molar-refractivity contribution in [2.24, 2.45) is 0 Å². The molecule has 0 aliphatic heterocycles. The van der Waals surface area contributed by atoms with E-state index in [1.165, 1.54) is 11.3 Å². The van der Waals surface area contributed by atoms with Crippen LogP contribution < -0.4 is 14.4 Å². The minimum atomic E-state index is -0.114. The molecule has 2 aromatic carbocycles. The molecule has 1 amide bonds. The molecule has 6 nitrogen and oxygen atoms in total. The third-order valence-corrected chi connectivity index (χ3v) is 5.80. The summed E-state index contributed by atoms with van der Waals surface area (Å²) in [4.78, 5) is 21.8. The standard InChI is InChI=1S/C21H24ClN3O3S/c1-24(2)12-5-13-25(20(26)14-6-8-15(22)9-7-14)21-23-18-16(27-3)10-11-17(28-4)19(18)29-21/h6-11H,5,12-13H2,1-4H3. The maximum atomic E-state index is 13.3. The molecule has 0 spiro atoms. The maximum Gasteiger partial charge on any atom is 0.260 e. The van der Waals surface area contributed by atoms with Gasteiger partial charge in [-0.25, -0.2) is 4.98 Å². The van der Waals surface area contributed by atoms with E-state index in [2.05, 4.69) is 4.90 Å². The molecular formula is C21H24ClN3O3S. The van der Waals surface area contributed by atoms with Crippen LogP contribution in [0.4, 0.5) is 5.13 Å². The zero-order valence-corrected chi connectivity index (χ0v) is 18.5. The fourth-order valence-electron chi connectivity index (χ4n) is 2.97. The minimum Gasteiger partial charge on any atom is -0.495 e. The first-order valence-corrected chi connectivity index (χ1v) is 10.4. The summed E-state index contributed by atoms with van der Waals surface area (Å²) in [6, 6.07) is 10.6. The summed E-state index contributed by atoms with van der Waals surface area (Å²) in [6.07, 6.45) is 0.816. The molecule has 0 atom stereocenters. The second-order valence-corrected chi connectivity index (χ2v) is 8.18. The Morgan fingerprint density at radius 1 is 1.03 bits per heavy atom. The first-order valence-electron chi connectivity index (χ1n) is 9.18. The number of aromatic nitrogens is 1.